The van der Waals surface area contributed by atoms with Crippen molar-refractivity contribution in [1.29, 1.82) is 0 Å². The zero-order valence-electron chi connectivity index (χ0n) is 15.1. The maximum atomic E-state index is 13.2. The van der Waals surface area contributed by atoms with E-state index in [2.05, 4.69) is 5.32 Å². The summed E-state index contributed by atoms with van der Waals surface area (Å²) < 4.78 is 23.7. The van der Waals surface area contributed by atoms with Gasteiger partial charge in [0, 0.05) is 16.8 Å². The second-order valence-corrected chi connectivity index (χ2v) is 9.26. The van der Waals surface area contributed by atoms with E-state index >= 15 is 0 Å². The minimum absolute atomic E-state index is 0.0726. The van der Waals surface area contributed by atoms with Gasteiger partial charge in [0.15, 0.2) is 9.84 Å². The first-order valence-electron chi connectivity index (χ1n) is 8.33. The fourth-order valence-electron chi connectivity index (χ4n) is 3.10. The Morgan fingerprint density at radius 2 is 1.78 bits per heavy atom. The third kappa shape index (κ3) is 3.70. The van der Waals surface area contributed by atoms with Crippen LogP contribution in [-0.4, -0.2) is 32.5 Å². The van der Waals surface area contributed by atoms with Gasteiger partial charge < -0.3 is 5.32 Å². The number of carbonyl (C=O) groups is 2. The Morgan fingerprint density at radius 1 is 1.15 bits per heavy atom. The zero-order chi connectivity index (χ0) is 19.9. The molecule has 1 N–H and O–H groups in total. The molecule has 27 heavy (non-hydrogen) atoms. The van der Waals surface area contributed by atoms with Crippen LogP contribution in [0.15, 0.2) is 47.4 Å². The molecule has 2 aromatic carbocycles. The van der Waals surface area contributed by atoms with Crippen LogP contribution in [0.4, 0.5) is 11.4 Å². The number of hydrogen-bond donors (Lipinski definition) is 1. The van der Waals surface area contributed by atoms with E-state index in [1.807, 2.05) is 13.8 Å². The topological polar surface area (TPSA) is 83.6 Å². The molecule has 0 aromatic heterocycles. The van der Waals surface area contributed by atoms with E-state index in [1.54, 1.807) is 30.3 Å². The van der Waals surface area contributed by atoms with Crippen molar-refractivity contribution >= 4 is 44.6 Å². The molecule has 0 radical (unpaired) electrons. The molecular formula is C19H19ClN2O4S. The van der Waals surface area contributed by atoms with Gasteiger partial charge in [0.05, 0.1) is 16.3 Å². The lowest BCUT2D eigenvalue weighted by atomic mass is 9.96. The number of carbonyl (C=O) groups excluding carboxylic acids is 2. The first kappa shape index (κ1) is 19.4. The van der Waals surface area contributed by atoms with Crippen LogP contribution in [0.3, 0.4) is 0 Å². The van der Waals surface area contributed by atoms with E-state index < -0.39 is 15.9 Å². The van der Waals surface area contributed by atoms with Crippen LogP contribution >= 0.6 is 11.6 Å². The molecule has 3 rings (SSSR count). The minimum atomic E-state index is -3.45. The number of benzene rings is 2. The molecule has 0 fully saturated rings. The summed E-state index contributed by atoms with van der Waals surface area (Å²) in [6, 6.07) is 10.1. The average Bonchev–Trinajstić information content (AvgIpc) is 2.59. The number of nitrogens with zero attached hydrogens (tertiary/aromatic N) is 1. The molecule has 2 amide bonds. The van der Waals surface area contributed by atoms with Crippen molar-refractivity contribution in [2.45, 2.75) is 24.8 Å². The number of hydrogen-bond acceptors (Lipinski definition) is 4. The van der Waals surface area contributed by atoms with Crippen LogP contribution in [0.5, 0.6) is 0 Å². The molecular weight excluding hydrogens is 388 g/mol. The van der Waals surface area contributed by atoms with Crippen LogP contribution in [-0.2, 0) is 14.6 Å². The van der Waals surface area contributed by atoms with Crippen molar-refractivity contribution in [1.82, 2.24) is 0 Å². The smallest absolute Gasteiger partial charge is 0.259 e. The van der Waals surface area contributed by atoms with Crippen LogP contribution < -0.4 is 10.2 Å². The fraction of sp³-hybridized carbons (Fsp3) is 0.263. The van der Waals surface area contributed by atoms with Gasteiger partial charge in [-0.15, -0.1) is 0 Å². The number of sulfone groups is 1. The van der Waals surface area contributed by atoms with Crippen molar-refractivity contribution < 1.29 is 18.0 Å². The summed E-state index contributed by atoms with van der Waals surface area (Å²) in [5, 5.41) is 3.23. The Kier molecular flexibility index (Phi) is 5.01. The van der Waals surface area contributed by atoms with Crippen LogP contribution in [0, 0.1) is 5.92 Å². The lowest BCUT2D eigenvalue weighted by Crippen LogP contribution is -2.53. The van der Waals surface area contributed by atoms with Crippen LogP contribution in [0.1, 0.15) is 24.2 Å². The average molecular weight is 407 g/mol. The first-order valence-corrected chi connectivity index (χ1v) is 10.6. The number of anilines is 2. The summed E-state index contributed by atoms with van der Waals surface area (Å²) in [5.41, 5.74) is 1.14. The number of fused-ring (bicyclic) bond motifs is 1. The largest absolute Gasteiger partial charge is 0.322 e. The molecule has 0 saturated heterocycles. The standard InChI is InChI=1S/C19H19ClN2O4S/c1-11(2)17-18(23)21-15-10-14(27(3,25)26)8-9-16(15)22(17)19(24)12-4-6-13(20)7-5-12/h4-11,17H,1-3H3,(H,21,23). The Labute approximate surface area is 163 Å². The van der Waals surface area contributed by atoms with Gasteiger partial charge in [-0.1, -0.05) is 25.4 Å². The van der Waals surface area contributed by atoms with E-state index in [0.29, 0.717) is 22.0 Å². The summed E-state index contributed by atoms with van der Waals surface area (Å²) in [6.07, 6.45) is 1.09. The molecule has 1 atom stereocenters. The van der Waals surface area contributed by atoms with Crippen LogP contribution in [0.25, 0.3) is 0 Å². The molecule has 0 spiro atoms. The highest BCUT2D eigenvalue weighted by atomic mass is 35.5. The molecule has 0 aliphatic carbocycles. The van der Waals surface area contributed by atoms with E-state index in [1.165, 1.54) is 17.0 Å². The van der Waals surface area contributed by atoms with Gasteiger partial charge in [0.25, 0.3) is 5.91 Å². The lowest BCUT2D eigenvalue weighted by molar-refractivity contribution is -0.118. The highest BCUT2D eigenvalue weighted by molar-refractivity contribution is 7.90. The third-order valence-electron chi connectivity index (χ3n) is 4.40. The Morgan fingerprint density at radius 3 is 2.33 bits per heavy atom. The van der Waals surface area contributed by atoms with E-state index in [-0.39, 0.29) is 22.6 Å². The van der Waals surface area contributed by atoms with Crippen LogP contribution in [0.2, 0.25) is 5.02 Å². The van der Waals surface area contributed by atoms with Gasteiger partial charge in [-0.25, -0.2) is 8.42 Å². The minimum Gasteiger partial charge on any atom is -0.322 e. The second-order valence-electron chi connectivity index (χ2n) is 6.81. The molecule has 0 saturated carbocycles. The van der Waals surface area contributed by atoms with E-state index in [4.69, 9.17) is 11.6 Å². The van der Waals surface area contributed by atoms with Gasteiger partial charge >= 0.3 is 0 Å². The molecule has 0 bridgehead atoms. The Hall–Kier alpha value is -2.38. The first-order chi connectivity index (χ1) is 12.6. The van der Waals surface area contributed by atoms with Crippen molar-refractivity contribution in [2.75, 3.05) is 16.5 Å². The summed E-state index contributed by atoms with van der Waals surface area (Å²) in [4.78, 5) is 27.4. The van der Waals surface area contributed by atoms with Crippen molar-refractivity contribution in [2.24, 2.45) is 5.92 Å². The van der Waals surface area contributed by atoms with Crippen molar-refractivity contribution in [3.05, 3.63) is 53.1 Å². The number of nitrogens with one attached hydrogen (secondary N) is 1. The maximum absolute atomic E-state index is 13.2. The summed E-state index contributed by atoms with van der Waals surface area (Å²) in [6.45, 7) is 3.70. The summed E-state index contributed by atoms with van der Waals surface area (Å²) in [7, 11) is -3.45. The van der Waals surface area contributed by atoms with E-state index in [0.717, 1.165) is 6.26 Å². The summed E-state index contributed by atoms with van der Waals surface area (Å²) >= 11 is 5.90. The lowest BCUT2D eigenvalue weighted by Gasteiger charge is -2.38. The zero-order valence-corrected chi connectivity index (χ0v) is 16.6. The highest BCUT2D eigenvalue weighted by Crippen LogP contribution is 2.37. The third-order valence-corrected chi connectivity index (χ3v) is 5.76. The van der Waals surface area contributed by atoms with Crippen molar-refractivity contribution in [3.8, 4) is 0 Å². The predicted molar refractivity (Wildman–Crippen MR) is 105 cm³/mol. The SMILES string of the molecule is CC(C)C1C(=O)Nc2cc(S(C)(=O)=O)ccc2N1C(=O)c1ccc(Cl)cc1. The van der Waals surface area contributed by atoms with E-state index in [9.17, 15) is 18.0 Å². The molecule has 6 nitrogen and oxygen atoms in total. The molecule has 142 valence electrons. The number of halogens is 1. The number of amides is 2. The normalized spacial score (nSPS) is 16.9. The van der Waals surface area contributed by atoms with Gasteiger partial charge in [0.1, 0.15) is 6.04 Å². The molecule has 1 unspecified atom stereocenters. The predicted octanol–water partition coefficient (Wildman–Crippen LogP) is 3.37. The molecule has 1 heterocycles. The van der Waals surface area contributed by atoms with Gasteiger partial charge in [-0.05, 0) is 48.4 Å². The quantitative estimate of drug-likeness (QED) is 0.847. The monoisotopic (exact) mass is 406 g/mol. The highest BCUT2D eigenvalue weighted by Gasteiger charge is 2.39. The molecule has 1 aliphatic rings. The second kappa shape index (κ2) is 6.98. The number of rotatable bonds is 3. The molecule has 8 heteroatoms. The van der Waals surface area contributed by atoms with Gasteiger partial charge in [-0.2, -0.15) is 0 Å². The Bertz CT molecular complexity index is 1020. The van der Waals surface area contributed by atoms with Gasteiger partial charge in [-0.3, -0.25) is 14.5 Å². The Balaban J connectivity index is 2.15. The fourth-order valence-corrected chi connectivity index (χ4v) is 3.87. The van der Waals surface area contributed by atoms with Gasteiger partial charge in [0.2, 0.25) is 5.91 Å². The maximum Gasteiger partial charge on any atom is 0.259 e. The molecule has 2 aromatic rings. The van der Waals surface area contributed by atoms with Crippen molar-refractivity contribution in [3.63, 3.8) is 0 Å². The molecule has 1 aliphatic heterocycles. The summed E-state index contributed by atoms with van der Waals surface area (Å²) in [5.74, 6) is -0.858.